The lowest BCUT2D eigenvalue weighted by molar-refractivity contribution is 0.861. The van der Waals surface area contributed by atoms with Gasteiger partial charge < -0.3 is 4.90 Å². The molecule has 0 radical (unpaired) electrons. The van der Waals surface area contributed by atoms with Gasteiger partial charge in [-0.25, -0.2) is 4.98 Å². The van der Waals surface area contributed by atoms with Gasteiger partial charge in [0.2, 0.25) is 0 Å². The molecule has 0 spiro atoms. The van der Waals surface area contributed by atoms with E-state index in [1.165, 1.54) is 4.88 Å². The molecule has 0 saturated carbocycles. The Bertz CT molecular complexity index is 597. The van der Waals surface area contributed by atoms with E-state index in [1.807, 2.05) is 27.0 Å². The Morgan fingerprint density at radius 2 is 2.21 bits per heavy atom. The lowest BCUT2D eigenvalue weighted by Crippen LogP contribution is -2.23. The number of hydrogen-bond acceptors (Lipinski definition) is 4. The molecule has 2 heterocycles. The summed E-state index contributed by atoms with van der Waals surface area (Å²) >= 11 is 1.76. The van der Waals surface area contributed by atoms with Gasteiger partial charge in [0.05, 0.1) is 5.56 Å². The molecule has 98 valence electrons. The lowest BCUT2D eigenvalue weighted by Gasteiger charge is -2.20. The summed E-state index contributed by atoms with van der Waals surface area (Å²) in [4.78, 5) is 7.94. The van der Waals surface area contributed by atoms with Crippen LogP contribution in [0.5, 0.6) is 0 Å². The molecule has 0 saturated heterocycles. The maximum absolute atomic E-state index is 9.28. The van der Waals surface area contributed by atoms with Crippen LogP contribution in [0.2, 0.25) is 0 Å². The van der Waals surface area contributed by atoms with Gasteiger partial charge in [-0.15, -0.1) is 11.3 Å². The number of hydrogen-bond donors (Lipinski definition) is 0. The minimum atomic E-state index is 0.680. The summed E-state index contributed by atoms with van der Waals surface area (Å²) in [7, 11) is 2.00. The third-order valence-electron chi connectivity index (χ3n) is 3.07. The van der Waals surface area contributed by atoms with Crippen LogP contribution in [-0.2, 0) is 6.42 Å². The van der Waals surface area contributed by atoms with Gasteiger partial charge in [-0.3, -0.25) is 0 Å². The smallest absolute Gasteiger partial charge is 0.146 e. The molecule has 0 N–H and O–H groups in total. The molecule has 0 aromatic carbocycles. The van der Waals surface area contributed by atoms with Crippen LogP contribution < -0.4 is 4.90 Å². The molecule has 0 aliphatic heterocycles. The molecule has 3 nitrogen and oxygen atoms in total. The molecule has 2 aromatic rings. The van der Waals surface area contributed by atoms with Crippen LogP contribution >= 0.6 is 11.3 Å². The van der Waals surface area contributed by atoms with Crippen LogP contribution in [0.3, 0.4) is 0 Å². The fourth-order valence-electron chi connectivity index (χ4n) is 2.07. The zero-order valence-electron chi connectivity index (χ0n) is 11.5. The topological polar surface area (TPSA) is 39.9 Å². The van der Waals surface area contributed by atoms with Gasteiger partial charge in [0.1, 0.15) is 11.9 Å². The number of rotatable bonds is 4. The second-order valence-corrected chi connectivity index (χ2v) is 5.67. The first-order valence-corrected chi connectivity index (χ1v) is 7.11. The lowest BCUT2D eigenvalue weighted by atomic mass is 10.1. The Morgan fingerprint density at radius 1 is 1.42 bits per heavy atom. The number of nitriles is 1. The fourth-order valence-corrected chi connectivity index (χ4v) is 2.77. The van der Waals surface area contributed by atoms with Crippen LogP contribution in [-0.4, -0.2) is 18.6 Å². The highest BCUT2D eigenvalue weighted by Crippen LogP contribution is 2.21. The minimum absolute atomic E-state index is 0.680. The largest absolute Gasteiger partial charge is 0.358 e. The van der Waals surface area contributed by atoms with Gasteiger partial charge in [-0.1, -0.05) is 6.07 Å². The third kappa shape index (κ3) is 3.12. The number of nitrogens with zero attached hydrogens (tertiary/aromatic N) is 3. The number of pyridine rings is 1. The van der Waals surface area contributed by atoms with Gasteiger partial charge in [-0.05, 0) is 43.3 Å². The number of anilines is 1. The van der Waals surface area contributed by atoms with Crippen molar-refractivity contribution in [3.8, 4) is 6.07 Å². The van der Waals surface area contributed by atoms with Crippen LogP contribution in [0.25, 0.3) is 0 Å². The van der Waals surface area contributed by atoms with Crippen molar-refractivity contribution in [1.82, 2.24) is 4.98 Å². The van der Waals surface area contributed by atoms with Gasteiger partial charge in [0.15, 0.2) is 0 Å². The van der Waals surface area contributed by atoms with Gasteiger partial charge in [0, 0.05) is 24.2 Å². The minimum Gasteiger partial charge on any atom is -0.358 e. The monoisotopic (exact) mass is 271 g/mol. The molecule has 19 heavy (non-hydrogen) atoms. The molecule has 2 aromatic heterocycles. The standard InChI is InChI=1S/C15H17N3S/c1-11-9-12(2)17-15(14(11)10-16)18(3)7-6-13-5-4-8-19-13/h4-5,8-9H,6-7H2,1-3H3. The highest BCUT2D eigenvalue weighted by Gasteiger charge is 2.12. The summed E-state index contributed by atoms with van der Waals surface area (Å²) in [5.41, 5.74) is 2.63. The Hall–Kier alpha value is -1.86. The van der Waals surface area contributed by atoms with E-state index in [1.54, 1.807) is 11.3 Å². The molecule has 0 bridgehead atoms. The molecule has 0 unspecified atom stereocenters. The second kappa shape index (κ2) is 5.85. The van der Waals surface area contributed by atoms with Crippen molar-refractivity contribution >= 4 is 17.2 Å². The number of aryl methyl sites for hydroxylation is 2. The van der Waals surface area contributed by atoms with E-state index in [0.29, 0.717) is 5.56 Å². The van der Waals surface area contributed by atoms with Crippen molar-refractivity contribution in [3.05, 3.63) is 45.3 Å². The first-order chi connectivity index (χ1) is 9.11. The maximum atomic E-state index is 9.28. The molecule has 0 aliphatic rings. The van der Waals surface area contributed by atoms with E-state index in [0.717, 1.165) is 30.0 Å². The molecule has 0 fully saturated rings. The molecule has 0 atom stereocenters. The van der Waals surface area contributed by atoms with Crippen LogP contribution in [0, 0.1) is 25.2 Å². The van der Waals surface area contributed by atoms with E-state index in [4.69, 9.17) is 0 Å². The average molecular weight is 271 g/mol. The Morgan fingerprint density at radius 3 is 2.84 bits per heavy atom. The quantitative estimate of drug-likeness (QED) is 0.856. The van der Waals surface area contributed by atoms with Crippen molar-refractivity contribution in [3.63, 3.8) is 0 Å². The first kappa shape index (κ1) is 13.6. The number of likely N-dealkylation sites (N-methyl/N-ethyl adjacent to an activating group) is 1. The van der Waals surface area contributed by atoms with Crippen molar-refractivity contribution in [2.24, 2.45) is 0 Å². The Balaban J connectivity index is 2.19. The number of aromatic nitrogens is 1. The fraction of sp³-hybridized carbons (Fsp3) is 0.333. The van der Waals surface area contributed by atoms with Crippen molar-refractivity contribution < 1.29 is 0 Å². The maximum Gasteiger partial charge on any atom is 0.146 e. The van der Waals surface area contributed by atoms with Crippen molar-refractivity contribution in [1.29, 1.82) is 5.26 Å². The van der Waals surface area contributed by atoms with Gasteiger partial charge in [0.25, 0.3) is 0 Å². The van der Waals surface area contributed by atoms with E-state index >= 15 is 0 Å². The average Bonchev–Trinajstić information content (AvgIpc) is 2.88. The van der Waals surface area contributed by atoms with Gasteiger partial charge >= 0.3 is 0 Å². The van der Waals surface area contributed by atoms with E-state index < -0.39 is 0 Å². The predicted octanol–water partition coefficient (Wildman–Crippen LogP) is 3.31. The molecule has 0 aliphatic carbocycles. The normalized spacial score (nSPS) is 10.2. The molecule has 0 amide bonds. The second-order valence-electron chi connectivity index (χ2n) is 4.64. The molecular weight excluding hydrogens is 254 g/mol. The summed E-state index contributed by atoms with van der Waals surface area (Å²) in [6, 6.07) is 8.42. The number of thiophene rings is 1. The zero-order chi connectivity index (χ0) is 13.8. The van der Waals surface area contributed by atoms with Gasteiger partial charge in [-0.2, -0.15) is 5.26 Å². The molecule has 2 rings (SSSR count). The predicted molar refractivity (Wildman–Crippen MR) is 79.7 cm³/mol. The van der Waals surface area contributed by atoms with Crippen LogP contribution in [0.4, 0.5) is 5.82 Å². The zero-order valence-corrected chi connectivity index (χ0v) is 12.3. The highest BCUT2D eigenvalue weighted by molar-refractivity contribution is 7.09. The van der Waals surface area contributed by atoms with E-state index in [-0.39, 0.29) is 0 Å². The summed E-state index contributed by atoms with van der Waals surface area (Å²) in [6.07, 6.45) is 0.980. The highest BCUT2D eigenvalue weighted by atomic mass is 32.1. The summed E-state index contributed by atoms with van der Waals surface area (Å²) < 4.78 is 0. The summed E-state index contributed by atoms with van der Waals surface area (Å²) in [6.45, 7) is 4.79. The molecule has 4 heteroatoms. The van der Waals surface area contributed by atoms with Crippen LogP contribution in [0.15, 0.2) is 23.6 Å². The van der Waals surface area contributed by atoms with E-state index in [9.17, 15) is 5.26 Å². The van der Waals surface area contributed by atoms with Crippen molar-refractivity contribution in [2.75, 3.05) is 18.5 Å². The van der Waals surface area contributed by atoms with Crippen molar-refractivity contribution in [2.45, 2.75) is 20.3 Å². The summed E-state index contributed by atoms with van der Waals surface area (Å²) in [5, 5.41) is 11.4. The van der Waals surface area contributed by atoms with E-state index in [2.05, 4.69) is 33.5 Å². The third-order valence-corrected chi connectivity index (χ3v) is 4.01. The summed E-state index contributed by atoms with van der Waals surface area (Å²) in [5.74, 6) is 0.788. The first-order valence-electron chi connectivity index (χ1n) is 6.23. The molecular formula is C15H17N3S. The Labute approximate surface area is 118 Å². The SMILES string of the molecule is Cc1cc(C)c(C#N)c(N(C)CCc2cccs2)n1. The van der Waals surface area contributed by atoms with Crippen LogP contribution in [0.1, 0.15) is 21.7 Å². The Kier molecular flexibility index (Phi) is 4.18.